The second kappa shape index (κ2) is 15.0. The first kappa shape index (κ1) is 17.9. The van der Waals surface area contributed by atoms with Gasteiger partial charge in [-0.2, -0.15) is 0 Å². The fourth-order valence-electron chi connectivity index (χ4n) is 2.32. The molecule has 0 aliphatic heterocycles. The van der Waals surface area contributed by atoms with E-state index >= 15 is 0 Å². The van der Waals surface area contributed by atoms with Gasteiger partial charge in [-0.3, -0.25) is 0 Å². The van der Waals surface area contributed by atoms with Gasteiger partial charge < -0.3 is 9.64 Å². The van der Waals surface area contributed by atoms with Gasteiger partial charge in [-0.05, 0) is 12.8 Å². The summed E-state index contributed by atoms with van der Waals surface area (Å²) >= 11 is 0. The van der Waals surface area contributed by atoms with E-state index in [0.29, 0.717) is 0 Å². The quantitative estimate of drug-likeness (QED) is 0.473. The molecule has 0 aliphatic rings. The van der Waals surface area contributed by atoms with Gasteiger partial charge in [0.15, 0.2) is 0 Å². The van der Waals surface area contributed by atoms with Crippen molar-refractivity contribution in [2.45, 2.75) is 71.1 Å². The SMILES string of the molecule is CCCCCCCCCCCC[NH+](C)CCOC. The predicted molar refractivity (Wildman–Crippen MR) is 80.3 cm³/mol. The largest absolute Gasteiger partial charge is 0.379 e. The average Bonchev–Trinajstić information content (AvgIpc) is 2.38. The number of nitrogens with one attached hydrogen (secondary N) is 1. The van der Waals surface area contributed by atoms with Crippen molar-refractivity contribution in [2.75, 3.05) is 33.9 Å². The van der Waals surface area contributed by atoms with Gasteiger partial charge >= 0.3 is 0 Å². The number of ether oxygens (including phenoxy) is 1. The van der Waals surface area contributed by atoms with Crippen LogP contribution in [0.1, 0.15) is 71.1 Å². The van der Waals surface area contributed by atoms with Crippen molar-refractivity contribution in [3.05, 3.63) is 0 Å². The van der Waals surface area contributed by atoms with E-state index < -0.39 is 0 Å². The van der Waals surface area contributed by atoms with Crippen LogP contribution in [0.4, 0.5) is 0 Å². The van der Waals surface area contributed by atoms with E-state index in [-0.39, 0.29) is 0 Å². The number of hydrogen-bond donors (Lipinski definition) is 1. The molecule has 0 bridgehead atoms. The lowest BCUT2D eigenvalue weighted by molar-refractivity contribution is -0.880. The van der Waals surface area contributed by atoms with Gasteiger partial charge in [0.05, 0.1) is 20.2 Å². The summed E-state index contributed by atoms with van der Waals surface area (Å²) in [6.45, 7) is 5.63. The van der Waals surface area contributed by atoms with E-state index in [2.05, 4.69) is 14.0 Å². The molecule has 0 heterocycles. The molecule has 2 heteroatoms. The molecular formula is C16H36NO+. The molecule has 0 rings (SSSR count). The first-order valence-corrected chi connectivity index (χ1v) is 8.11. The molecule has 1 atom stereocenters. The summed E-state index contributed by atoms with van der Waals surface area (Å²) in [5.41, 5.74) is 0. The molecule has 1 unspecified atom stereocenters. The van der Waals surface area contributed by atoms with Crippen molar-refractivity contribution < 1.29 is 9.64 Å². The maximum Gasteiger partial charge on any atom is 0.101 e. The van der Waals surface area contributed by atoms with Gasteiger partial charge in [-0.1, -0.05) is 58.3 Å². The molecule has 0 amide bonds. The van der Waals surface area contributed by atoms with Gasteiger partial charge in [0.1, 0.15) is 6.54 Å². The topological polar surface area (TPSA) is 13.7 Å². The summed E-state index contributed by atoms with van der Waals surface area (Å²) in [7, 11) is 4.06. The van der Waals surface area contributed by atoms with E-state index in [1.54, 1.807) is 12.0 Å². The minimum Gasteiger partial charge on any atom is -0.379 e. The lowest BCUT2D eigenvalue weighted by Gasteiger charge is -2.12. The molecule has 2 nitrogen and oxygen atoms in total. The average molecular weight is 258 g/mol. The molecule has 18 heavy (non-hydrogen) atoms. The Morgan fingerprint density at radius 2 is 1.22 bits per heavy atom. The molecule has 0 saturated heterocycles. The van der Waals surface area contributed by atoms with E-state index in [0.717, 1.165) is 13.2 Å². The van der Waals surface area contributed by atoms with Gasteiger partial charge in [-0.25, -0.2) is 0 Å². The van der Waals surface area contributed by atoms with Gasteiger partial charge in [0.2, 0.25) is 0 Å². The second-order valence-corrected chi connectivity index (χ2v) is 5.63. The Morgan fingerprint density at radius 3 is 1.72 bits per heavy atom. The highest BCUT2D eigenvalue weighted by molar-refractivity contribution is 4.47. The first-order valence-electron chi connectivity index (χ1n) is 8.11. The predicted octanol–water partition coefficient (Wildman–Crippen LogP) is 3.07. The van der Waals surface area contributed by atoms with Crippen LogP contribution in [0.3, 0.4) is 0 Å². The molecule has 0 aromatic rings. The van der Waals surface area contributed by atoms with Crippen LogP contribution in [0, 0.1) is 0 Å². The second-order valence-electron chi connectivity index (χ2n) is 5.63. The minimum absolute atomic E-state index is 0.892. The summed E-state index contributed by atoms with van der Waals surface area (Å²) in [5.74, 6) is 0. The lowest BCUT2D eigenvalue weighted by Crippen LogP contribution is -3.09. The van der Waals surface area contributed by atoms with Crippen LogP contribution in [0.25, 0.3) is 0 Å². The van der Waals surface area contributed by atoms with Crippen molar-refractivity contribution in [2.24, 2.45) is 0 Å². The number of rotatable bonds is 14. The zero-order chi connectivity index (χ0) is 13.5. The highest BCUT2D eigenvalue weighted by atomic mass is 16.5. The smallest absolute Gasteiger partial charge is 0.101 e. The maximum absolute atomic E-state index is 5.09. The fraction of sp³-hybridized carbons (Fsp3) is 1.00. The first-order chi connectivity index (χ1) is 8.81. The van der Waals surface area contributed by atoms with Crippen molar-refractivity contribution in [1.29, 1.82) is 0 Å². The van der Waals surface area contributed by atoms with E-state index in [1.807, 2.05) is 0 Å². The van der Waals surface area contributed by atoms with Gasteiger partial charge in [-0.15, -0.1) is 0 Å². The minimum atomic E-state index is 0.892. The third-order valence-corrected chi connectivity index (χ3v) is 3.69. The van der Waals surface area contributed by atoms with E-state index in [1.165, 1.54) is 70.8 Å². The van der Waals surface area contributed by atoms with Crippen LogP contribution in [-0.2, 0) is 4.74 Å². The van der Waals surface area contributed by atoms with Gasteiger partial charge in [0.25, 0.3) is 0 Å². The number of hydrogen-bond acceptors (Lipinski definition) is 1. The Kier molecular flexibility index (Phi) is 14.9. The van der Waals surface area contributed by atoms with Crippen LogP contribution in [0.2, 0.25) is 0 Å². The maximum atomic E-state index is 5.09. The number of unbranched alkanes of at least 4 members (excludes halogenated alkanes) is 9. The fourth-order valence-corrected chi connectivity index (χ4v) is 2.32. The highest BCUT2D eigenvalue weighted by Gasteiger charge is 2.00. The lowest BCUT2D eigenvalue weighted by atomic mass is 10.1. The van der Waals surface area contributed by atoms with Crippen molar-refractivity contribution in [3.63, 3.8) is 0 Å². The van der Waals surface area contributed by atoms with Crippen LogP contribution < -0.4 is 4.90 Å². The Bertz CT molecular complexity index is 150. The van der Waals surface area contributed by atoms with E-state index in [4.69, 9.17) is 4.74 Å². The third-order valence-electron chi connectivity index (χ3n) is 3.69. The molecule has 0 radical (unpaired) electrons. The summed E-state index contributed by atoms with van der Waals surface area (Å²) in [6.07, 6.45) is 14.3. The molecule has 0 aromatic carbocycles. The number of methoxy groups -OCH3 is 1. The monoisotopic (exact) mass is 258 g/mol. The van der Waals surface area contributed by atoms with Crippen LogP contribution in [0.15, 0.2) is 0 Å². The zero-order valence-corrected chi connectivity index (χ0v) is 13.1. The molecule has 110 valence electrons. The number of likely N-dealkylation sites (N-methyl/N-ethyl adjacent to an activating group) is 1. The Morgan fingerprint density at radius 1 is 0.722 bits per heavy atom. The number of quaternary nitrogens is 1. The molecular weight excluding hydrogens is 222 g/mol. The Labute approximate surface area is 115 Å². The van der Waals surface area contributed by atoms with Crippen molar-refractivity contribution in [3.8, 4) is 0 Å². The molecule has 0 fully saturated rings. The summed E-state index contributed by atoms with van der Waals surface area (Å²) < 4.78 is 5.09. The van der Waals surface area contributed by atoms with E-state index in [9.17, 15) is 0 Å². The zero-order valence-electron chi connectivity index (χ0n) is 13.1. The Hall–Kier alpha value is -0.0800. The molecule has 0 spiro atoms. The van der Waals surface area contributed by atoms with Crippen molar-refractivity contribution in [1.82, 2.24) is 0 Å². The Balaban J connectivity index is 3.02. The summed E-state index contributed by atoms with van der Waals surface area (Å²) in [4.78, 5) is 1.61. The summed E-state index contributed by atoms with van der Waals surface area (Å²) in [5, 5.41) is 0. The highest BCUT2D eigenvalue weighted by Crippen LogP contribution is 2.09. The van der Waals surface area contributed by atoms with Crippen LogP contribution in [-0.4, -0.2) is 33.9 Å². The van der Waals surface area contributed by atoms with Gasteiger partial charge in [0, 0.05) is 7.11 Å². The third kappa shape index (κ3) is 14.0. The van der Waals surface area contributed by atoms with Crippen LogP contribution >= 0.6 is 0 Å². The standard InChI is InChI=1S/C16H35NO/c1-4-5-6-7-8-9-10-11-12-13-14-17(2)15-16-18-3/h4-16H2,1-3H3/p+1. The van der Waals surface area contributed by atoms with Crippen LogP contribution in [0.5, 0.6) is 0 Å². The summed E-state index contributed by atoms with van der Waals surface area (Å²) in [6, 6.07) is 0. The molecule has 0 aromatic heterocycles. The molecule has 1 N–H and O–H groups in total. The normalized spacial score (nSPS) is 12.8. The molecule has 0 aliphatic carbocycles. The molecule has 0 saturated carbocycles. The van der Waals surface area contributed by atoms with Crippen molar-refractivity contribution >= 4 is 0 Å².